The normalized spacial score (nSPS) is 12.4. The van der Waals surface area contributed by atoms with Crippen molar-refractivity contribution in [3.05, 3.63) is 116 Å². The summed E-state index contributed by atoms with van der Waals surface area (Å²) in [7, 11) is 0. The molecule has 1 nitrogen and oxygen atoms in total. The van der Waals surface area contributed by atoms with E-state index < -0.39 is 6.60 Å². The molecule has 0 saturated carbocycles. The molecule has 27 heavy (non-hydrogen) atoms. The van der Waals surface area contributed by atoms with Crippen molar-refractivity contribution < 1.29 is 0 Å². The fraction of sp³-hybridized carbons (Fsp3) is 0.0417. The minimum Gasteiger partial charge on any atom is -0.147 e. The van der Waals surface area contributed by atoms with Gasteiger partial charge in [-0.1, -0.05) is 0 Å². The summed E-state index contributed by atoms with van der Waals surface area (Å²) < 4.78 is 0. The minimum atomic E-state index is -2.88. The molecule has 0 aliphatic rings. The summed E-state index contributed by atoms with van der Waals surface area (Å²) >= 11 is 0. The predicted octanol–water partition coefficient (Wildman–Crippen LogP) is 4.29. The molecule has 0 unspecified atom stereocenters. The third kappa shape index (κ3) is 2.88. The Labute approximate surface area is 167 Å². The standard InChI is InChI=1S/C24H22NP.ClH/c1-26(21-12-5-2-6-13-21,22-14-7-3-8-15-22,23-16-9-4-10-17-23)24-18-11-19-25-20-24;/h2-20H,1H3;1H. The second kappa shape index (κ2) is 7.64. The molecule has 3 aromatic carbocycles. The third-order valence-electron chi connectivity index (χ3n) is 5.50. The van der Waals surface area contributed by atoms with Gasteiger partial charge < -0.3 is 0 Å². The van der Waals surface area contributed by atoms with Crippen LogP contribution in [-0.4, -0.2) is 11.6 Å². The van der Waals surface area contributed by atoms with Gasteiger partial charge >= 0.3 is 155 Å². The van der Waals surface area contributed by atoms with Crippen molar-refractivity contribution in [2.75, 3.05) is 6.66 Å². The van der Waals surface area contributed by atoms with Gasteiger partial charge in [-0.3, -0.25) is 0 Å². The molecule has 0 aliphatic heterocycles. The fourth-order valence-electron chi connectivity index (χ4n) is 3.98. The maximum Gasteiger partial charge on any atom is -0.147 e. The smallest absolute Gasteiger partial charge is 0.147 e. The summed E-state index contributed by atoms with van der Waals surface area (Å²) in [5.41, 5.74) is 0. The Kier molecular flexibility index (Phi) is 5.46. The SMILES string of the molecule is CP(c1ccccc1)(c1ccccc1)(c1ccccc1)c1cccnc1.Cl. The van der Waals surface area contributed by atoms with Gasteiger partial charge in [0.05, 0.1) is 0 Å². The quantitative estimate of drug-likeness (QED) is 0.473. The predicted molar refractivity (Wildman–Crippen MR) is 122 cm³/mol. The molecule has 0 radical (unpaired) electrons. The summed E-state index contributed by atoms with van der Waals surface area (Å²) in [6.07, 6.45) is 3.90. The Morgan fingerprint density at radius 2 is 0.889 bits per heavy atom. The summed E-state index contributed by atoms with van der Waals surface area (Å²) in [6.45, 7) is -0.432. The number of aromatic nitrogens is 1. The maximum atomic E-state index is 4.50. The molecule has 0 bridgehead atoms. The van der Waals surface area contributed by atoms with Gasteiger partial charge in [-0.15, -0.1) is 12.4 Å². The zero-order valence-corrected chi connectivity index (χ0v) is 17.0. The average molecular weight is 392 g/mol. The fourth-order valence-corrected chi connectivity index (χ4v) is 9.34. The summed E-state index contributed by atoms with van der Waals surface area (Å²) in [4.78, 5) is 4.50. The second-order valence-corrected chi connectivity index (χ2v) is 12.0. The van der Waals surface area contributed by atoms with Gasteiger partial charge in [0.25, 0.3) is 0 Å². The number of hydrogen-bond donors (Lipinski definition) is 0. The van der Waals surface area contributed by atoms with Crippen LogP contribution in [0, 0.1) is 0 Å². The van der Waals surface area contributed by atoms with E-state index in [-0.39, 0.29) is 12.4 Å². The van der Waals surface area contributed by atoms with Crippen molar-refractivity contribution in [1.82, 2.24) is 4.98 Å². The summed E-state index contributed by atoms with van der Waals surface area (Å²) in [5.74, 6) is 0. The van der Waals surface area contributed by atoms with Gasteiger partial charge in [-0.05, 0) is 0 Å². The molecule has 0 N–H and O–H groups in total. The van der Waals surface area contributed by atoms with Gasteiger partial charge in [0.15, 0.2) is 0 Å². The third-order valence-corrected chi connectivity index (χ3v) is 11.8. The number of halogens is 1. The first-order valence-electron chi connectivity index (χ1n) is 8.83. The molecule has 1 aromatic heterocycles. The van der Waals surface area contributed by atoms with Crippen molar-refractivity contribution in [1.29, 1.82) is 0 Å². The van der Waals surface area contributed by atoms with E-state index >= 15 is 0 Å². The zero-order chi connectivity index (χ0) is 17.9. The van der Waals surface area contributed by atoms with Crippen LogP contribution >= 0.6 is 19.0 Å². The zero-order valence-electron chi connectivity index (χ0n) is 15.3. The van der Waals surface area contributed by atoms with E-state index in [0.29, 0.717) is 0 Å². The molecule has 0 aliphatic carbocycles. The van der Waals surface area contributed by atoms with E-state index in [2.05, 4.69) is 115 Å². The first-order chi connectivity index (χ1) is 12.7. The van der Waals surface area contributed by atoms with Gasteiger partial charge in [-0.25, -0.2) is 0 Å². The van der Waals surface area contributed by atoms with Crippen LogP contribution < -0.4 is 21.2 Å². The number of pyridine rings is 1. The van der Waals surface area contributed by atoms with Crippen LogP contribution in [0.2, 0.25) is 0 Å². The topological polar surface area (TPSA) is 12.9 Å². The molecule has 4 aromatic rings. The Hall–Kier alpha value is -2.47. The van der Waals surface area contributed by atoms with Crippen molar-refractivity contribution in [3.8, 4) is 0 Å². The largest absolute Gasteiger partial charge is 0.147 e. The van der Waals surface area contributed by atoms with E-state index in [0.717, 1.165) is 0 Å². The van der Waals surface area contributed by atoms with Gasteiger partial charge in [0.1, 0.15) is 0 Å². The second-order valence-electron chi connectivity index (χ2n) is 6.78. The Morgan fingerprint density at radius 3 is 1.22 bits per heavy atom. The summed E-state index contributed by atoms with van der Waals surface area (Å²) in [5, 5.41) is 5.33. The summed E-state index contributed by atoms with van der Waals surface area (Å²) in [6, 6.07) is 37.0. The Balaban J connectivity index is 0.00000210. The van der Waals surface area contributed by atoms with Crippen LogP contribution in [0.5, 0.6) is 0 Å². The van der Waals surface area contributed by atoms with Crippen molar-refractivity contribution >= 4 is 40.2 Å². The molecule has 4 rings (SSSR count). The van der Waals surface area contributed by atoms with Crippen LogP contribution in [0.3, 0.4) is 0 Å². The van der Waals surface area contributed by atoms with Crippen molar-refractivity contribution in [2.45, 2.75) is 0 Å². The molecule has 0 fully saturated rings. The first-order valence-corrected chi connectivity index (χ1v) is 11.5. The van der Waals surface area contributed by atoms with Crippen LogP contribution in [0.25, 0.3) is 0 Å². The van der Waals surface area contributed by atoms with Crippen molar-refractivity contribution in [3.63, 3.8) is 0 Å². The molecule has 136 valence electrons. The van der Waals surface area contributed by atoms with E-state index in [1.807, 2.05) is 12.4 Å². The van der Waals surface area contributed by atoms with Crippen LogP contribution in [0.4, 0.5) is 0 Å². The molecule has 0 spiro atoms. The van der Waals surface area contributed by atoms with Gasteiger partial charge in [0.2, 0.25) is 0 Å². The molecule has 0 atom stereocenters. The van der Waals surface area contributed by atoms with Gasteiger partial charge in [-0.2, -0.15) is 0 Å². The number of rotatable bonds is 4. The van der Waals surface area contributed by atoms with Crippen LogP contribution in [-0.2, 0) is 0 Å². The molecular weight excluding hydrogens is 369 g/mol. The van der Waals surface area contributed by atoms with E-state index in [1.165, 1.54) is 21.2 Å². The molecule has 3 heteroatoms. The maximum absolute atomic E-state index is 4.50. The Morgan fingerprint density at radius 1 is 0.519 bits per heavy atom. The van der Waals surface area contributed by atoms with Crippen LogP contribution in [0.15, 0.2) is 116 Å². The molecule has 0 amide bonds. The van der Waals surface area contributed by atoms with Crippen molar-refractivity contribution in [2.24, 2.45) is 0 Å². The van der Waals surface area contributed by atoms with E-state index in [9.17, 15) is 0 Å². The number of nitrogens with zero attached hydrogens (tertiary/aromatic N) is 1. The average Bonchev–Trinajstić information content (AvgIpc) is 2.76. The molecule has 0 saturated heterocycles. The Bertz CT molecular complexity index is 820. The minimum absolute atomic E-state index is 0. The number of benzene rings is 3. The molecular formula is C24H23ClNP. The van der Waals surface area contributed by atoms with Crippen LogP contribution in [0.1, 0.15) is 0 Å². The monoisotopic (exact) mass is 391 g/mol. The van der Waals surface area contributed by atoms with E-state index in [1.54, 1.807) is 0 Å². The van der Waals surface area contributed by atoms with E-state index in [4.69, 9.17) is 0 Å². The first kappa shape index (κ1) is 19.3. The molecule has 1 heterocycles. The number of hydrogen-bond acceptors (Lipinski definition) is 1. The van der Waals surface area contributed by atoms with Gasteiger partial charge in [0, 0.05) is 0 Å².